The molecule has 0 atom stereocenters. The molecule has 1 aromatic heterocycles. The average molecular weight is 215 g/mol. The molecule has 0 bridgehead atoms. The molecule has 0 aliphatic rings. The third-order valence-corrected chi connectivity index (χ3v) is 2.18. The highest BCUT2D eigenvalue weighted by Gasteiger charge is 2.10. The maximum atomic E-state index is 11.5. The lowest BCUT2D eigenvalue weighted by Crippen LogP contribution is -2.04. The van der Waals surface area contributed by atoms with Crippen molar-refractivity contribution in [2.75, 3.05) is 6.61 Å². The molecule has 0 saturated heterocycles. The molecule has 1 N–H and O–H groups in total. The fourth-order valence-electron chi connectivity index (χ4n) is 1.44. The van der Waals surface area contributed by atoms with Crippen molar-refractivity contribution < 1.29 is 9.53 Å². The summed E-state index contributed by atoms with van der Waals surface area (Å²) < 4.78 is 4.87. The molecule has 0 aliphatic heterocycles. The molecule has 0 amide bonds. The van der Waals surface area contributed by atoms with E-state index in [-0.39, 0.29) is 5.69 Å². The monoisotopic (exact) mass is 215 g/mol. The first-order valence-corrected chi connectivity index (χ1v) is 4.81. The van der Waals surface area contributed by atoms with Crippen LogP contribution in [0.5, 0.6) is 0 Å². The molecular weight excluding hydrogens is 206 g/mol. The number of hydrogen-bond acceptors (Lipinski definition) is 4. The van der Waals surface area contributed by atoms with Gasteiger partial charge in [0.15, 0.2) is 5.69 Å². The molecule has 1 aromatic carbocycles. The van der Waals surface area contributed by atoms with E-state index in [4.69, 9.17) is 10.00 Å². The number of esters is 1. The normalized spacial score (nSPS) is 10.0. The van der Waals surface area contributed by atoms with E-state index in [1.165, 1.54) is 0 Å². The number of hydrogen-bond donors (Lipinski definition) is 1. The Morgan fingerprint density at radius 2 is 2.44 bits per heavy atom. The van der Waals surface area contributed by atoms with Crippen LogP contribution in [0.25, 0.3) is 10.9 Å². The van der Waals surface area contributed by atoms with Crippen LogP contribution in [0.15, 0.2) is 18.2 Å². The van der Waals surface area contributed by atoms with E-state index in [1.807, 2.05) is 6.07 Å². The Morgan fingerprint density at radius 1 is 1.62 bits per heavy atom. The van der Waals surface area contributed by atoms with Gasteiger partial charge in [0.2, 0.25) is 0 Å². The van der Waals surface area contributed by atoms with E-state index in [0.717, 1.165) is 5.52 Å². The van der Waals surface area contributed by atoms with Crippen LogP contribution in [0.1, 0.15) is 23.0 Å². The number of ether oxygens (including phenoxy) is 1. The largest absolute Gasteiger partial charge is 0.462 e. The number of fused-ring (bicyclic) bond motifs is 1. The number of carbonyl (C=O) groups is 1. The van der Waals surface area contributed by atoms with Crippen LogP contribution in [0.3, 0.4) is 0 Å². The highest BCUT2D eigenvalue weighted by molar-refractivity contribution is 5.95. The van der Waals surface area contributed by atoms with E-state index in [9.17, 15) is 4.79 Å². The second-order valence-corrected chi connectivity index (χ2v) is 3.16. The Labute approximate surface area is 91.6 Å². The fraction of sp³-hybridized carbons (Fsp3) is 0.182. The molecule has 0 fully saturated rings. The first kappa shape index (κ1) is 10.2. The number of aromatic amines is 1. The van der Waals surface area contributed by atoms with Crippen LogP contribution in [-0.2, 0) is 4.74 Å². The predicted molar refractivity (Wildman–Crippen MR) is 56.8 cm³/mol. The van der Waals surface area contributed by atoms with Crippen molar-refractivity contribution in [3.05, 3.63) is 29.5 Å². The summed E-state index contributed by atoms with van der Waals surface area (Å²) in [6, 6.07) is 6.90. The lowest BCUT2D eigenvalue weighted by Gasteiger charge is -2.00. The first-order chi connectivity index (χ1) is 7.76. The number of aromatic nitrogens is 2. The van der Waals surface area contributed by atoms with Gasteiger partial charge in [0.25, 0.3) is 0 Å². The van der Waals surface area contributed by atoms with E-state index < -0.39 is 5.97 Å². The molecule has 0 aliphatic carbocycles. The van der Waals surface area contributed by atoms with Crippen LogP contribution in [0, 0.1) is 11.3 Å². The summed E-state index contributed by atoms with van der Waals surface area (Å²) >= 11 is 0. The molecule has 80 valence electrons. The molecule has 0 spiro atoms. The van der Waals surface area contributed by atoms with Crippen molar-refractivity contribution in [3.63, 3.8) is 0 Å². The SMILES string of the molecule is CCOC(=O)c1ccc2[nH]nc(C#N)c2c1. The van der Waals surface area contributed by atoms with E-state index in [2.05, 4.69) is 10.2 Å². The Kier molecular flexibility index (Phi) is 2.56. The van der Waals surface area contributed by atoms with Gasteiger partial charge in [-0.2, -0.15) is 10.4 Å². The van der Waals surface area contributed by atoms with Crippen molar-refractivity contribution in [1.29, 1.82) is 5.26 Å². The van der Waals surface area contributed by atoms with Gasteiger partial charge in [-0.25, -0.2) is 4.79 Å². The predicted octanol–water partition coefficient (Wildman–Crippen LogP) is 1.61. The summed E-state index contributed by atoms with van der Waals surface area (Å²) in [5.74, 6) is -0.394. The lowest BCUT2D eigenvalue weighted by atomic mass is 10.1. The first-order valence-electron chi connectivity index (χ1n) is 4.81. The molecule has 5 nitrogen and oxygen atoms in total. The number of nitrogens with one attached hydrogen (secondary N) is 1. The summed E-state index contributed by atoms with van der Waals surface area (Å²) in [5, 5.41) is 16.0. The number of H-pyrrole nitrogens is 1. The third kappa shape index (κ3) is 1.61. The molecule has 16 heavy (non-hydrogen) atoms. The zero-order valence-electron chi connectivity index (χ0n) is 8.65. The van der Waals surface area contributed by atoms with Gasteiger partial charge in [0.05, 0.1) is 17.7 Å². The number of benzene rings is 1. The smallest absolute Gasteiger partial charge is 0.338 e. The van der Waals surface area contributed by atoms with Crippen LogP contribution < -0.4 is 0 Å². The Balaban J connectivity index is 2.50. The van der Waals surface area contributed by atoms with Crippen LogP contribution in [0.2, 0.25) is 0 Å². The standard InChI is InChI=1S/C11H9N3O2/c1-2-16-11(15)7-3-4-9-8(5-7)10(6-12)14-13-9/h3-5H,2H2,1H3,(H,13,14). The van der Waals surface area contributed by atoms with Gasteiger partial charge in [0.1, 0.15) is 6.07 Å². The van der Waals surface area contributed by atoms with Gasteiger partial charge in [0, 0.05) is 5.39 Å². The minimum absolute atomic E-state index is 0.279. The van der Waals surface area contributed by atoms with Gasteiger partial charge >= 0.3 is 5.97 Å². The van der Waals surface area contributed by atoms with E-state index in [1.54, 1.807) is 25.1 Å². The topological polar surface area (TPSA) is 78.8 Å². The summed E-state index contributed by atoms with van der Waals surface area (Å²) in [5.41, 5.74) is 1.43. The Bertz CT molecular complexity index is 580. The van der Waals surface area contributed by atoms with Crippen molar-refractivity contribution in [1.82, 2.24) is 10.2 Å². The second kappa shape index (κ2) is 4.03. The molecule has 5 heteroatoms. The molecule has 2 rings (SSSR count). The molecule has 2 aromatic rings. The summed E-state index contributed by atoms with van der Waals surface area (Å²) in [6.07, 6.45) is 0. The zero-order valence-corrected chi connectivity index (χ0v) is 8.65. The summed E-state index contributed by atoms with van der Waals surface area (Å²) in [4.78, 5) is 11.5. The molecule has 0 unspecified atom stereocenters. The van der Waals surface area contributed by atoms with Gasteiger partial charge < -0.3 is 4.74 Å². The highest BCUT2D eigenvalue weighted by atomic mass is 16.5. The average Bonchev–Trinajstić information content (AvgIpc) is 2.71. The Morgan fingerprint density at radius 3 is 3.12 bits per heavy atom. The van der Waals surface area contributed by atoms with Crippen LogP contribution in [0.4, 0.5) is 0 Å². The van der Waals surface area contributed by atoms with Gasteiger partial charge in [-0.05, 0) is 25.1 Å². The minimum Gasteiger partial charge on any atom is -0.462 e. The van der Waals surface area contributed by atoms with Gasteiger partial charge in [-0.15, -0.1) is 0 Å². The zero-order chi connectivity index (χ0) is 11.5. The van der Waals surface area contributed by atoms with Crippen molar-refractivity contribution >= 4 is 16.9 Å². The molecule has 0 radical (unpaired) electrons. The molecule has 0 saturated carbocycles. The van der Waals surface area contributed by atoms with E-state index in [0.29, 0.717) is 17.6 Å². The molecule has 1 heterocycles. The second-order valence-electron chi connectivity index (χ2n) is 3.16. The van der Waals surface area contributed by atoms with E-state index >= 15 is 0 Å². The number of carbonyl (C=O) groups excluding carboxylic acids is 1. The number of nitrogens with zero attached hydrogens (tertiary/aromatic N) is 2. The fourth-order valence-corrected chi connectivity index (χ4v) is 1.44. The quantitative estimate of drug-likeness (QED) is 0.772. The minimum atomic E-state index is -0.394. The number of rotatable bonds is 2. The van der Waals surface area contributed by atoms with Crippen LogP contribution in [-0.4, -0.2) is 22.8 Å². The lowest BCUT2D eigenvalue weighted by molar-refractivity contribution is 0.0526. The van der Waals surface area contributed by atoms with Gasteiger partial charge in [-0.3, -0.25) is 5.10 Å². The maximum Gasteiger partial charge on any atom is 0.338 e. The van der Waals surface area contributed by atoms with Crippen molar-refractivity contribution in [3.8, 4) is 6.07 Å². The third-order valence-electron chi connectivity index (χ3n) is 2.18. The highest BCUT2D eigenvalue weighted by Crippen LogP contribution is 2.17. The molecular formula is C11H9N3O2. The van der Waals surface area contributed by atoms with Gasteiger partial charge in [-0.1, -0.05) is 0 Å². The van der Waals surface area contributed by atoms with Crippen molar-refractivity contribution in [2.45, 2.75) is 6.92 Å². The summed E-state index contributed by atoms with van der Waals surface area (Å²) in [7, 11) is 0. The number of nitriles is 1. The summed E-state index contributed by atoms with van der Waals surface area (Å²) in [6.45, 7) is 2.07. The van der Waals surface area contributed by atoms with Crippen molar-refractivity contribution in [2.24, 2.45) is 0 Å². The Hall–Kier alpha value is -2.35. The maximum absolute atomic E-state index is 11.5. The van der Waals surface area contributed by atoms with Crippen LogP contribution >= 0.6 is 0 Å².